The Morgan fingerprint density at radius 3 is 0.943 bits per heavy atom. The molecule has 0 aromatic heterocycles. The molecule has 0 heterocycles. The summed E-state index contributed by atoms with van der Waals surface area (Å²) in [5.74, 6) is -1.06. The monoisotopic (exact) mass is 1200 g/mol. The highest BCUT2D eigenvalue weighted by Gasteiger charge is 2.17. The van der Waals surface area contributed by atoms with E-state index in [0.29, 0.717) is 141 Å². The second kappa shape index (κ2) is 38.6. The quantitative estimate of drug-likeness (QED) is 0.0118. The van der Waals surface area contributed by atoms with Crippen molar-refractivity contribution in [2.75, 3.05) is 46.2 Å². The highest BCUT2D eigenvalue weighted by molar-refractivity contribution is 5.94. The fourth-order valence-corrected chi connectivity index (χ4v) is 7.49. The van der Waals surface area contributed by atoms with E-state index in [1.807, 2.05) is 0 Å². The van der Waals surface area contributed by atoms with Crippen molar-refractivity contribution >= 4 is 47.8 Å². The number of aryl methyl sites for hydroxylation is 1. The molecule has 0 radical (unpaired) electrons. The van der Waals surface area contributed by atoms with Crippen LogP contribution in [0.15, 0.2) is 177 Å². The topological polar surface area (TPSA) is 238 Å². The summed E-state index contributed by atoms with van der Waals surface area (Å²) in [5.41, 5.74) is 2.26. The number of carbonyl (C=O) groups is 8. The maximum Gasteiger partial charge on any atom is 0.343 e. The number of ether oxygens (including phenoxy) is 11. The van der Waals surface area contributed by atoms with Gasteiger partial charge in [-0.05, 0) is 197 Å². The molecule has 19 heteroatoms. The van der Waals surface area contributed by atoms with Crippen molar-refractivity contribution < 1.29 is 90.5 Å². The van der Waals surface area contributed by atoms with Gasteiger partial charge in [0, 0.05) is 18.2 Å². The van der Waals surface area contributed by atoms with E-state index in [4.69, 9.17) is 52.1 Å². The van der Waals surface area contributed by atoms with Crippen molar-refractivity contribution in [1.29, 1.82) is 0 Å². The van der Waals surface area contributed by atoms with Crippen molar-refractivity contribution in [3.63, 3.8) is 0 Å². The van der Waals surface area contributed by atoms with Gasteiger partial charge >= 0.3 is 47.8 Å². The molecule has 0 N–H and O–H groups in total. The Labute approximate surface area is 511 Å². The molecule has 88 heavy (non-hydrogen) atoms. The first kappa shape index (κ1) is 68.5. The maximum absolute atomic E-state index is 12.7. The molecular formula is C69H72O19. The number of hydrogen-bond acceptors (Lipinski definition) is 19. The molecule has 0 saturated carbocycles. The van der Waals surface area contributed by atoms with Gasteiger partial charge in [0.2, 0.25) is 0 Å². The van der Waals surface area contributed by atoms with Gasteiger partial charge in [-0.2, -0.15) is 0 Å². The van der Waals surface area contributed by atoms with Gasteiger partial charge < -0.3 is 52.1 Å². The average molecular weight is 1210 g/mol. The molecular weight excluding hydrogens is 1130 g/mol. The van der Waals surface area contributed by atoms with Crippen LogP contribution in [-0.4, -0.2) is 94.0 Å². The fourth-order valence-electron chi connectivity index (χ4n) is 7.49. The number of esters is 8. The first-order valence-corrected chi connectivity index (χ1v) is 28.6. The van der Waals surface area contributed by atoms with Crippen LogP contribution in [0.1, 0.15) is 128 Å². The Kier molecular flexibility index (Phi) is 30.0. The van der Waals surface area contributed by atoms with E-state index in [2.05, 4.69) is 26.7 Å². The Bertz CT molecular complexity index is 3240. The molecule has 0 aliphatic carbocycles. The van der Waals surface area contributed by atoms with Crippen molar-refractivity contribution in [3.8, 4) is 40.2 Å². The minimum Gasteiger partial charge on any atom is -0.494 e. The molecule has 0 unspecified atom stereocenters. The van der Waals surface area contributed by atoms with Crippen LogP contribution in [-0.2, 0) is 33.3 Å². The van der Waals surface area contributed by atoms with Crippen molar-refractivity contribution in [2.24, 2.45) is 0 Å². The number of rotatable bonds is 35. The summed E-state index contributed by atoms with van der Waals surface area (Å²) in [5, 5.41) is 0. The van der Waals surface area contributed by atoms with Crippen LogP contribution in [0.4, 0.5) is 0 Å². The summed E-state index contributed by atoms with van der Waals surface area (Å²) in [6.07, 6.45) is 11.5. The smallest absolute Gasteiger partial charge is 0.343 e. The van der Waals surface area contributed by atoms with Crippen molar-refractivity contribution in [1.82, 2.24) is 0 Å². The summed E-state index contributed by atoms with van der Waals surface area (Å²) < 4.78 is 58.8. The molecule has 6 aromatic carbocycles. The summed E-state index contributed by atoms with van der Waals surface area (Å²) in [6, 6.07) is 36.5. The second-order valence-electron chi connectivity index (χ2n) is 19.1. The first-order valence-electron chi connectivity index (χ1n) is 28.6. The summed E-state index contributed by atoms with van der Waals surface area (Å²) >= 11 is 0. The van der Waals surface area contributed by atoms with Crippen molar-refractivity contribution in [3.05, 3.63) is 211 Å². The lowest BCUT2D eigenvalue weighted by Crippen LogP contribution is -2.11. The molecule has 0 aliphatic heterocycles. The second-order valence-corrected chi connectivity index (χ2v) is 19.1. The third-order valence-corrected chi connectivity index (χ3v) is 12.3. The molecule has 6 rings (SSSR count). The normalized spacial score (nSPS) is 10.3. The summed E-state index contributed by atoms with van der Waals surface area (Å²) in [7, 11) is 0. The van der Waals surface area contributed by atoms with Crippen LogP contribution in [0.5, 0.6) is 40.2 Å². The van der Waals surface area contributed by atoms with Crippen LogP contribution in [0.25, 0.3) is 0 Å². The van der Waals surface area contributed by atoms with Crippen LogP contribution < -0.4 is 33.2 Å². The zero-order chi connectivity index (χ0) is 63.3. The summed E-state index contributed by atoms with van der Waals surface area (Å²) in [4.78, 5) is 95.6. The molecule has 0 bridgehead atoms. The lowest BCUT2D eigenvalue weighted by atomic mass is 10.2. The fraction of sp³-hybridized carbons (Fsp3) is 0.275. The Morgan fingerprint density at radius 1 is 0.318 bits per heavy atom. The SMILES string of the molecule is C=CC(=O)OCCCCOc1ccc(C(=O)Oc2ccc(C(=O)Oc3ccc(C(=O)OCCCCCC)cc3)cc2)cc1.C=CC(=O)OCCCCOc1ccc(C(=O)Oc2ccc(OC(=O)c3ccc(OCCCCOC(=O)C=C)cc3)c(C)c2)cc1. The number of hydrogen-bond donors (Lipinski definition) is 0. The van der Waals surface area contributed by atoms with Crippen LogP contribution in [0, 0.1) is 6.92 Å². The van der Waals surface area contributed by atoms with E-state index in [9.17, 15) is 38.4 Å². The first-order chi connectivity index (χ1) is 42.7. The van der Waals surface area contributed by atoms with E-state index < -0.39 is 47.8 Å². The van der Waals surface area contributed by atoms with Gasteiger partial charge in [0.05, 0.1) is 74.1 Å². The Balaban J connectivity index is 0.000000321. The predicted molar refractivity (Wildman–Crippen MR) is 325 cm³/mol. The van der Waals surface area contributed by atoms with Gasteiger partial charge in [-0.15, -0.1) is 0 Å². The standard InChI is InChI=1S/C35H36O10.C34H36O9/c1-4-32(36)42-22-8-6-20-40-28-14-10-26(11-15-28)34(38)44-30-18-19-31(25(3)24-30)45-35(39)27-12-16-29(17-13-27)41-21-7-9-23-43-33(37)5-2;1-3-5-6-7-24-41-32(36)25-12-18-29(19-13-25)42-34(38)27-14-20-30(21-15-27)43-33(37)26-10-16-28(17-11-26)39-22-8-9-23-40-31(35)4-2/h4-5,10-19,24H,1-2,6-9,20-23H2,3H3;4,10-21H,2-3,5-9,22-24H2,1H3. The molecule has 0 spiro atoms. The van der Waals surface area contributed by atoms with E-state index in [1.165, 1.54) is 36.4 Å². The minimum absolute atomic E-state index is 0.260. The largest absolute Gasteiger partial charge is 0.494 e. The number of carbonyl (C=O) groups excluding carboxylic acids is 8. The predicted octanol–water partition coefficient (Wildman–Crippen LogP) is 13.0. The highest BCUT2D eigenvalue weighted by Crippen LogP contribution is 2.27. The molecule has 0 atom stereocenters. The van der Waals surface area contributed by atoms with Gasteiger partial charge in [-0.1, -0.05) is 45.9 Å². The zero-order valence-corrected chi connectivity index (χ0v) is 49.4. The van der Waals surface area contributed by atoms with Crippen molar-refractivity contribution in [2.45, 2.75) is 78.1 Å². The lowest BCUT2D eigenvalue weighted by Gasteiger charge is -2.11. The number of benzene rings is 6. The zero-order valence-electron chi connectivity index (χ0n) is 49.4. The highest BCUT2D eigenvalue weighted by atomic mass is 16.6. The Morgan fingerprint density at radius 2 is 0.602 bits per heavy atom. The molecule has 6 aromatic rings. The Hall–Kier alpha value is -10.3. The maximum atomic E-state index is 12.7. The van der Waals surface area contributed by atoms with E-state index in [-0.39, 0.29) is 17.1 Å². The third kappa shape index (κ3) is 25.5. The molecule has 19 nitrogen and oxygen atoms in total. The van der Waals surface area contributed by atoms with Gasteiger partial charge in [-0.25, -0.2) is 38.4 Å². The molecule has 0 fully saturated rings. The molecule has 462 valence electrons. The average Bonchev–Trinajstić information content (AvgIpc) is 3.60. The summed E-state index contributed by atoms with van der Waals surface area (Å²) in [6.45, 7) is 16.5. The third-order valence-electron chi connectivity index (χ3n) is 12.3. The van der Waals surface area contributed by atoms with E-state index in [0.717, 1.165) is 43.9 Å². The molecule has 0 saturated heterocycles. The van der Waals surface area contributed by atoms with E-state index in [1.54, 1.807) is 110 Å². The van der Waals surface area contributed by atoms with Crippen LogP contribution >= 0.6 is 0 Å². The van der Waals surface area contributed by atoms with Crippen LogP contribution in [0.2, 0.25) is 0 Å². The van der Waals surface area contributed by atoms with Crippen LogP contribution in [0.3, 0.4) is 0 Å². The van der Waals surface area contributed by atoms with Gasteiger partial charge in [0.15, 0.2) is 0 Å². The van der Waals surface area contributed by atoms with E-state index >= 15 is 0 Å². The van der Waals surface area contributed by atoms with Gasteiger partial charge in [-0.3, -0.25) is 0 Å². The van der Waals surface area contributed by atoms with Gasteiger partial charge in [0.25, 0.3) is 0 Å². The lowest BCUT2D eigenvalue weighted by molar-refractivity contribution is -0.138. The minimum atomic E-state index is -0.600. The molecule has 0 amide bonds. The number of unbranched alkanes of at least 4 members (excludes halogenated alkanes) is 6. The van der Waals surface area contributed by atoms with Gasteiger partial charge in [0.1, 0.15) is 40.2 Å². The molecule has 0 aliphatic rings.